The Hall–Kier alpha value is -2.11. The van der Waals surface area contributed by atoms with E-state index in [4.69, 9.17) is 11.6 Å². The summed E-state index contributed by atoms with van der Waals surface area (Å²) in [5.41, 5.74) is 1.60. The number of aliphatic hydroxyl groups excluding tert-OH is 1. The Morgan fingerprint density at radius 2 is 2.00 bits per heavy atom. The largest absolute Gasteiger partial charge is 0.388 e. The first kappa shape index (κ1) is 17.2. The summed E-state index contributed by atoms with van der Waals surface area (Å²) in [5.74, 6) is -0.834. The predicted molar refractivity (Wildman–Crippen MR) is 90.4 cm³/mol. The summed E-state index contributed by atoms with van der Waals surface area (Å²) in [6, 6.07) is 10.8. The van der Waals surface area contributed by atoms with Crippen molar-refractivity contribution in [2.45, 2.75) is 12.5 Å². The molecule has 0 spiro atoms. The molecule has 0 saturated carbocycles. The average Bonchev–Trinajstić information content (AvgIpc) is 2.46. The van der Waals surface area contributed by atoms with E-state index >= 15 is 0 Å². The minimum atomic E-state index is -1.08. The van der Waals surface area contributed by atoms with Gasteiger partial charge < -0.3 is 15.3 Å². The number of anilines is 2. The van der Waals surface area contributed by atoms with Crippen molar-refractivity contribution in [1.29, 1.82) is 0 Å². The minimum absolute atomic E-state index is 0.178. The van der Waals surface area contributed by atoms with Crippen LogP contribution in [0.1, 0.15) is 18.1 Å². The van der Waals surface area contributed by atoms with Crippen molar-refractivity contribution in [1.82, 2.24) is 0 Å². The van der Waals surface area contributed by atoms with Crippen LogP contribution in [0, 0.1) is 5.82 Å². The SMILES string of the molecule is CN(C)c1c(Cl)cccc1NC(=O)CC(O)c1cccc(F)c1. The number of carbonyl (C=O) groups excluding carboxylic acids is 1. The van der Waals surface area contributed by atoms with Crippen LogP contribution in [0.5, 0.6) is 0 Å². The first-order valence-electron chi connectivity index (χ1n) is 7.07. The molecule has 1 atom stereocenters. The molecule has 0 radical (unpaired) electrons. The van der Waals surface area contributed by atoms with Gasteiger partial charge in [-0.2, -0.15) is 0 Å². The van der Waals surface area contributed by atoms with E-state index in [-0.39, 0.29) is 12.3 Å². The molecule has 0 fully saturated rings. The van der Waals surface area contributed by atoms with Gasteiger partial charge in [0.05, 0.1) is 28.9 Å². The predicted octanol–water partition coefficient (Wildman–Crippen LogP) is 3.61. The third kappa shape index (κ3) is 4.43. The van der Waals surface area contributed by atoms with Gasteiger partial charge in [-0.15, -0.1) is 0 Å². The molecule has 0 aromatic heterocycles. The van der Waals surface area contributed by atoms with E-state index in [2.05, 4.69) is 5.32 Å². The number of para-hydroxylation sites is 1. The van der Waals surface area contributed by atoms with Gasteiger partial charge in [-0.05, 0) is 29.8 Å². The van der Waals surface area contributed by atoms with Crippen molar-refractivity contribution in [3.63, 3.8) is 0 Å². The van der Waals surface area contributed by atoms with Crippen LogP contribution in [0.2, 0.25) is 5.02 Å². The van der Waals surface area contributed by atoms with Gasteiger partial charge in [0, 0.05) is 14.1 Å². The lowest BCUT2D eigenvalue weighted by Crippen LogP contribution is -2.19. The summed E-state index contributed by atoms with van der Waals surface area (Å²) >= 11 is 6.14. The van der Waals surface area contributed by atoms with E-state index in [0.717, 1.165) is 0 Å². The lowest BCUT2D eigenvalue weighted by atomic mass is 10.1. The lowest BCUT2D eigenvalue weighted by Gasteiger charge is -2.20. The maximum absolute atomic E-state index is 13.2. The number of nitrogens with zero attached hydrogens (tertiary/aromatic N) is 1. The number of hydrogen-bond acceptors (Lipinski definition) is 3. The zero-order chi connectivity index (χ0) is 17.0. The topological polar surface area (TPSA) is 52.6 Å². The molecule has 2 aromatic rings. The van der Waals surface area contributed by atoms with Crippen molar-refractivity contribution in [2.24, 2.45) is 0 Å². The molecule has 1 unspecified atom stereocenters. The quantitative estimate of drug-likeness (QED) is 0.877. The minimum Gasteiger partial charge on any atom is -0.388 e. The van der Waals surface area contributed by atoms with Crippen LogP contribution < -0.4 is 10.2 Å². The van der Waals surface area contributed by atoms with Crippen molar-refractivity contribution < 1.29 is 14.3 Å². The van der Waals surface area contributed by atoms with E-state index < -0.39 is 11.9 Å². The number of halogens is 2. The van der Waals surface area contributed by atoms with Crippen LogP contribution in [-0.2, 0) is 4.79 Å². The summed E-state index contributed by atoms with van der Waals surface area (Å²) in [7, 11) is 3.64. The molecule has 0 heterocycles. The smallest absolute Gasteiger partial charge is 0.227 e. The van der Waals surface area contributed by atoms with Crippen LogP contribution in [0.25, 0.3) is 0 Å². The number of nitrogens with one attached hydrogen (secondary N) is 1. The molecular weight excluding hydrogens is 319 g/mol. The Kier molecular flexibility index (Phi) is 5.58. The van der Waals surface area contributed by atoms with E-state index in [1.807, 2.05) is 14.1 Å². The van der Waals surface area contributed by atoms with E-state index in [9.17, 15) is 14.3 Å². The zero-order valence-corrected chi connectivity index (χ0v) is 13.6. The van der Waals surface area contributed by atoms with Gasteiger partial charge >= 0.3 is 0 Å². The number of benzene rings is 2. The van der Waals surface area contributed by atoms with Crippen LogP contribution in [0.15, 0.2) is 42.5 Å². The lowest BCUT2D eigenvalue weighted by molar-refractivity contribution is -0.118. The molecule has 2 rings (SSSR count). The Labute approximate surface area is 139 Å². The summed E-state index contributed by atoms with van der Waals surface area (Å²) in [6.45, 7) is 0. The highest BCUT2D eigenvalue weighted by Gasteiger charge is 2.16. The maximum atomic E-state index is 13.2. The zero-order valence-electron chi connectivity index (χ0n) is 12.9. The second-order valence-electron chi connectivity index (χ2n) is 5.35. The Morgan fingerprint density at radius 1 is 1.30 bits per heavy atom. The molecule has 2 N–H and O–H groups in total. The molecule has 0 aliphatic heterocycles. The molecule has 0 bridgehead atoms. The summed E-state index contributed by atoms with van der Waals surface area (Å²) in [4.78, 5) is 13.9. The summed E-state index contributed by atoms with van der Waals surface area (Å²) in [5, 5.41) is 13.3. The Balaban J connectivity index is 2.10. The third-order valence-electron chi connectivity index (χ3n) is 3.32. The second-order valence-corrected chi connectivity index (χ2v) is 5.76. The van der Waals surface area contributed by atoms with Gasteiger partial charge in [0.25, 0.3) is 0 Å². The van der Waals surface area contributed by atoms with Crippen molar-refractivity contribution in [3.8, 4) is 0 Å². The highest BCUT2D eigenvalue weighted by molar-refractivity contribution is 6.34. The van der Waals surface area contributed by atoms with E-state index in [0.29, 0.717) is 22.0 Å². The van der Waals surface area contributed by atoms with Crippen LogP contribution in [-0.4, -0.2) is 25.1 Å². The van der Waals surface area contributed by atoms with Crippen molar-refractivity contribution >= 4 is 28.9 Å². The Morgan fingerprint density at radius 3 is 2.65 bits per heavy atom. The van der Waals surface area contributed by atoms with E-state index in [1.54, 1.807) is 29.2 Å². The monoisotopic (exact) mass is 336 g/mol. The number of hydrogen-bond donors (Lipinski definition) is 2. The number of rotatable bonds is 5. The molecule has 0 aliphatic carbocycles. The summed E-state index contributed by atoms with van der Waals surface area (Å²) in [6.07, 6.45) is -1.25. The fourth-order valence-corrected chi connectivity index (χ4v) is 2.62. The molecule has 122 valence electrons. The standard InChI is InChI=1S/C17H18ClFN2O2/c1-21(2)17-13(18)7-4-8-14(17)20-16(23)10-15(22)11-5-3-6-12(19)9-11/h3-9,15,22H,10H2,1-2H3,(H,20,23). The van der Waals surface area contributed by atoms with Gasteiger partial charge in [-0.25, -0.2) is 4.39 Å². The second kappa shape index (κ2) is 7.44. The highest BCUT2D eigenvalue weighted by Crippen LogP contribution is 2.32. The van der Waals surface area contributed by atoms with Crippen molar-refractivity contribution in [2.75, 3.05) is 24.3 Å². The normalized spacial score (nSPS) is 11.9. The Bertz CT molecular complexity index is 707. The summed E-state index contributed by atoms with van der Waals surface area (Å²) < 4.78 is 13.2. The highest BCUT2D eigenvalue weighted by atomic mass is 35.5. The van der Waals surface area contributed by atoms with Crippen LogP contribution in [0.4, 0.5) is 15.8 Å². The number of aliphatic hydroxyl groups is 1. The van der Waals surface area contributed by atoms with Gasteiger partial charge in [-0.1, -0.05) is 29.8 Å². The van der Waals surface area contributed by atoms with Gasteiger partial charge in [-0.3, -0.25) is 4.79 Å². The van der Waals surface area contributed by atoms with E-state index in [1.165, 1.54) is 18.2 Å². The fraction of sp³-hybridized carbons (Fsp3) is 0.235. The first-order chi connectivity index (χ1) is 10.9. The average molecular weight is 337 g/mol. The molecular formula is C17H18ClFN2O2. The first-order valence-corrected chi connectivity index (χ1v) is 7.45. The number of carbonyl (C=O) groups is 1. The van der Waals surface area contributed by atoms with Crippen LogP contribution in [0.3, 0.4) is 0 Å². The van der Waals surface area contributed by atoms with Gasteiger partial charge in [0.15, 0.2) is 0 Å². The molecule has 1 amide bonds. The fourth-order valence-electron chi connectivity index (χ4n) is 2.28. The van der Waals surface area contributed by atoms with Gasteiger partial charge in [0.1, 0.15) is 5.82 Å². The third-order valence-corrected chi connectivity index (χ3v) is 3.63. The van der Waals surface area contributed by atoms with Crippen molar-refractivity contribution in [3.05, 3.63) is 58.9 Å². The number of amides is 1. The molecule has 23 heavy (non-hydrogen) atoms. The molecule has 4 nitrogen and oxygen atoms in total. The molecule has 0 aliphatic rings. The van der Waals surface area contributed by atoms with Gasteiger partial charge in [0.2, 0.25) is 5.91 Å². The molecule has 0 saturated heterocycles. The van der Waals surface area contributed by atoms with Crippen LogP contribution >= 0.6 is 11.6 Å². The molecule has 6 heteroatoms. The molecule has 2 aromatic carbocycles. The maximum Gasteiger partial charge on any atom is 0.227 e.